The quantitative estimate of drug-likeness (QED) is 0.0729. The zero-order chi connectivity index (χ0) is 25.0. The minimum absolute atomic E-state index is 0. The maximum absolute atomic E-state index is 11.1. The van der Waals surface area contributed by atoms with Crippen molar-refractivity contribution in [2.24, 2.45) is 0 Å². The summed E-state index contributed by atoms with van der Waals surface area (Å²) in [4.78, 5) is 55.8. The van der Waals surface area contributed by atoms with Gasteiger partial charge in [0.1, 0.15) is 6.10 Å². The number of phosphoric acid groups is 2. The van der Waals surface area contributed by atoms with E-state index in [4.69, 9.17) is 29.8 Å². The van der Waals surface area contributed by atoms with Gasteiger partial charge in [0, 0.05) is 58.4 Å². The second-order valence-electron chi connectivity index (χ2n) is 5.97. The second-order valence-corrected chi connectivity index (χ2v) is 8.30. The van der Waals surface area contributed by atoms with E-state index in [1.807, 2.05) is 0 Å². The molecule has 2 heterocycles. The molecule has 2 aliphatic rings. The van der Waals surface area contributed by atoms with E-state index >= 15 is 0 Å². The molecule has 9 N–H and O–H groups in total. The monoisotopic (exact) mass is 702 g/mol. The zero-order valence-corrected chi connectivity index (χ0v) is 28.7. The van der Waals surface area contributed by atoms with Crippen LogP contribution in [0.15, 0.2) is 23.0 Å². The van der Waals surface area contributed by atoms with Crippen molar-refractivity contribution in [3.63, 3.8) is 0 Å². The van der Waals surface area contributed by atoms with Gasteiger partial charge in [-0.1, -0.05) is 6.92 Å². The van der Waals surface area contributed by atoms with Crippen LogP contribution in [0.25, 0.3) is 0 Å². The summed E-state index contributed by atoms with van der Waals surface area (Å²) in [5, 5.41) is 45.6. The molecule has 0 aromatic carbocycles. The molecular formula is C13H20O17P2Zn3. The minimum atomic E-state index is -5.02. The molecule has 35 heavy (non-hydrogen) atoms. The average Bonchev–Trinajstić information content (AvgIpc) is 3.10. The molecule has 0 spiro atoms. The van der Waals surface area contributed by atoms with E-state index in [9.17, 15) is 34.0 Å². The third-order valence-corrected chi connectivity index (χ3v) is 4.41. The van der Waals surface area contributed by atoms with Crippen LogP contribution in [0, 0.1) is 0 Å². The van der Waals surface area contributed by atoms with Gasteiger partial charge < -0.3 is 44.1 Å². The standard InChI is InChI=1S/C7H11O8P.C6H9O9P.3Zn/c1-2-3(8)5-4(9)6(7(10)14-5)15-16(11,12)13;7-1-2(8)4-3(9)5(6(10)14-4)15-16(11,12)13;;;/h3,5,8-9H,2H2,1H3,(H2,11,12,13);2,4,7-9H,1H2,(H2,11,12,13);;;. The number of cyclic esters (lactones) is 2. The van der Waals surface area contributed by atoms with Gasteiger partial charge in [0.15, 0.2) is 23.7 Å². The Morgan fingerprint density at radius 1 is 0.800 bits per heavy atom. The molecule has 190 valence electrons. The van der Waals surface area contributed by atoms with Crippen LogP contribution in [-0.2, 0) is 95.7 Å². The fraction of sp³-hybridized carbons (Fsp3) is 0.538. The van der Waals surface area contributed by atoms with Crippen molar-refractivity contribution in [2.45, 2.75) is 37.8 Å². The SMILES string of the molecule is CCC(O)C1OC(=O)C(OP(=O)(O)O)=C1O.O=C1OC(C(O)CO)C(O)=C1OP(=O)(O)O.[Zn].[Zn].[Zn]. The van der Waals surface area contributed by atoms with E-state index in [-0.39, 0.29) is 64.9 Å². The molecule has 0 amide bonds. The summed E-state index contributed by atoms with van der Waals surface area (Å²) in [6, 6.07) is 0. The minimum Gasteiger partial charge on any atom is -0.505 e. The number of rotatable bonds is 8. The summed E-state index contributed by atoms with van der Waals surface area (Å²) in [6.07, 6.45) is -5.53. The van der Waals surface area contributed by atoms with Gasteiger partial charge in [-0.3, -0.25) is 19.6 Å². The molecule has 2 aliphatic heterocycles. The van der Waals surface area contributed by atoms with E-state index in [1.165, 1.54) is 0 Å². The number of hydrogen-bond acceptors (Lipinski definition) is 13. The van der Waals surface area contributed by atoms with Crippen LogP contribution >= 0.6 is 15.6 Å². The molecule has 0 saturated heterocycles. The number of aliphatic hydroxyl groups excluding tert-OH is 5. The third-order valence-electron chi connectivity index (χ3n) is 3.57. The van der Waals surface area contributed by atoms with Crippen molar-refractivity contribution in [3.8, 4) is 0 Å². The number of hydrogen-bond donors (Lipinski definition) is 9. The maximum Gasteiger partial charge on any atom is 0.525 e. The van der Waals surface area contributed by atoms with Crippen LogP contribution in [0.4, 0.5) is 0 Å². The van der Waals surface area contributed by atoms with Crippen LogP contribution in [0.2, 0.25) is 0 Å². The molecule has 0 aromatic heterocycles. The Bertz CT molecular complexity index is 824. The number of phosphoric ester groups is 2. The Kier molecular flexibility index (Phi) is 17.7. The van der Waals surface area contributed by atoms with Gasteiger partial charge in [0.2, 0.25) is 0 Å². The van der Waals surface area contributed by atoms with Gasteiger partial charge in [0.25, 0.3) is 11.5 Å². The van der Waals surface area contributed by atoms with Gasteiger partial charge >= 0.3 is 27.6 Å². The first-order valence-electron chi connectivity index (χ1n) is 8.27. The fourth-order valence-corrected chi connectivity index (χ4v) is 2.97. The van der Waals surface area contributed by atoms with Crippen LogP contribution in [0.1, 0.15) is 13.3 Å². The summed E-state index contributed by atoms with van der Waals surface area (Å²) in [5.41, 5.74) is 0. The van der Waals surface area contributed by atoms with Crippen molar-refractivity contribution < 1.29 is 141 Å². The van der Waals surface area contributed by atoms with Crippen molar-refractivity contribution in [2.75, 3.05) is 6.61 Å². The Balaban J connectivity index is -0.000000539. The van der Waals surface area contributed by atoms with E-state index in [0.717, 1.165) is 0 Å². The smallest absolute Gasteiger partial charge is 0.505 e. The summed E-state index contributed by atoms with van der Waals surface area (Å²) < 4.78 is 37.6. The number of carbonyl (C=O) groups is 2. The Hall–Kier alpha value is -0.330. The first-order valence-corrected chi connectivity index (χ1v) is 11.3. The van der Waals surface area contributed by atoms with E-state index in [0.29, 0.717) is 0 Å². The van der Waals surface area contributed by atoms with Crippen molar-refractivity contribution in [1.82, 2.24) is 0 Å². The topological polar surface area (TPSA) is 287 Å². The van der Waals surface area contributed by atoms with Crippen LogP contribution in [0.3, 0.4) is 0 Å². The number of esters is 2. The van der Waals surface area contributed by atoms with Gasteiger partial charge in [-0.2, -0.15) is 0 Å². The van der Waals surface area contributed by atoms with Crippen molar-refractivity contribution in [3.05, 3.63) is 23.0 Å². The van der Waals surface area contributed by atoms with Crippen LogP contribution in [-0.4, -0.2) is 88.1 Å². The molecule has 0 fully saturated rings. The number of carbonyl (C=O) groups excluding carboxylic acids is 2. The Morgan fingerprint density at radius 3 is 1.37 bits per heavy atom. The van der Waals surface area contributed by atoms with Crippen molar-refractivity contribution >= 4 is 27.6 Å². The van der Waals surface area contributed by atoms with E-state index in [2.05, 4.69) is 18.5 Å². The van der Waals surface area contributed by atoms with Gasteiger partial charge in [-0.25, -0.2) is 18.7 Å². The normalized spacial score (nSPS) is 21.3. The van der Waals surface area contributed by atoms with Gasteiger partial charge in [0.05, 0.1) is 12.7 Å². The van der Waals surface area contributed by atoms with Crippen LogP contribution in [0.5, 0.6) is 0 Å². The van der Waals surface area contributed by atoms with Crippen LogP contribution < -0.4 is 0 Å². The largest absolute Gasteiger partial charge is 0.525 e. The molecule has 0 aromatic rings. The molecule has 22 heteroatoms. The molecule has 4 unspecified atom stereocenters. The van der Waals surface area contributed by atoms with E-state index < -0.39 is 81.6 Å². The summed E-state index contributed by atoms with van der Waals surface area (Å²) in [6.45, 7) is 0.763. The molecule has 0 aliphatic carbocycles. The second kappa shape index (κ2) is 15.8. The van der Waals surface area contributed by atoms with Crippen molar-refractivity contribution in [1.29, 1.82) is 0 Å². The third kappa shape index (κ3) is 11.7. The van der Waals surface area contributed by atoms with E-state index in [1.54, 1.807) is 6.92 Å². The molecule has 4 atom stereocenters. The summed E-state index contributed by atoms with van der Waals surface area (Å²) in [5.74, 6) is -6.40. The fourth-order valence-electron chi connectivity index (χ4n) is 2.15. The molecule has 2 rings (SSSR count). The number of aliphatic hydroxyl groups is 5. The summed E-state index contributed by atoms with van der Waals surface area (Å²) >= 11 is 0. The molecule has 0 saturated carbocycles. The van der Waals surface area contributed by atoms with Gasteiger partial charge in [-0.15, -0.1) is 0 Å². The summed E-state index contributed by atoms with van der Waals surface area (Å²) in [7, 11) is -9.97. The predicted octanol–water partition coefficient (Wildman–Crippen LogP) is -2.30. The molecule has 17 nitrogen and oxygen atoms in total. The zero-order valence-electron chi connectivity index (χ0n) is 18.0. The maximum atomic E-state index is 11.1. The first kappa shape index (κ1) is 39.2. The Labute approximate surface area is 234 Å². The number of ether oxygens (including phenoxy) is 2. The molecule has 0 bridgehead atoms. The van der Waals surface area contributed by atoms with Gasteiger partial charge in [-0.05, 0) is 6.42 Å². The Morgan fingerprint density at radius 2 is 1.11 bits per heavy atom. The first-order chi connectivity index (χ1) is 14.5. The predicted molar refractivity (Wildman–Crippen MR) is 94.7 cm³/mol. The average molecular weight is 706 g/mol. The molecular weight excluding hydrogens is 686 g/mol. The molecule has 0 radical (unpaired) electrons.